The second-order valence-corrected chi connectivity index (χ2v) is 3.62. The van der Waals surface area contributed by atoms with E-state index in [1.54, 1.807) is 0 Å². The summed E-state index contributed by atoms with van der Waals surface area (Å²) in [5, 5.41) is 0. The molecular formula is C12H24N2. The van der Waals surface area contributed by atoms with Crippen molar-refractivity contribution in [3.63, 3.8) is 0 Å². The highest BCUT2D eigenvalue weighted by Gasteiger charge is 2.03. The SMILES string of the molecule is CC.CN(C)CCC1=CC=C(N)CC1. The molecular weight excluding hydrogens is 172 g/mol. The summed E-state index contributed by atoms with van der Waals surface area (Å²) in [5.74, 6) is 0. The zero-order valence-electron chi connectivity index (χ0n) is 10.0. The second-order valence-electron chi connectivity index (χ2n) is 3.62. The van der Waals surface area contributed by atoms with Crippen molar-refractivity contribution in [2.24, 2.45) is 5.73 Å². The van der Waals surface area contributed by atoms with Crippen LogP contribution in [0.4, 0.5) is 0 Å². The Morgan fingerprint density at radius 3 is 2.29 bits per heavy atom. The van der Waals surface area contributed by atoms with Crippen LogP contribution >= 0.6 is 0 Å². The number of nitrogens with zero attached hydrogens (tertiary/aromatic N) is 1. The summed E-state index contributed by atoms with van der Waals surface area (Å²) in [4.78, 5) is 2.21. The lowest BCUT2D eigenvalue weighted by Crippen LogP contribution is -2.14. The van der Waals surface area contributed by atoms with E-state index in [0.29, 0.717) is 0 Å². The van der Waals surface area contributed by atoms with Gasteiger partial charge < -0.3 is 10.6 Å². The zero-order chi connectivity index (χ0) is 11.0. The van der Waals surface area contributed by atoms with E-state index in [0.717, 1.165) is 25.1 Å². The Morgan fingerprint density at radius 2 is 1.86 bits per heavy atom. The maximum atomic E-state index is 5.66. The molecule has 0 amide bonds. The summed E-state index contributed by atoms with van der Waals surface area (Å²) in [6.07, 6.45) is 7.57. The minimum absolute atomic E-state index is 1.02. The standard InChI is InChI=1S/C10H18N2.C2H6/c1-12(2)8-7-9-3-5-10(11)6-4-9;1-2/h3,5H,4,6-8,11H2,1-2H3;1-2H3. The van der Waals surface area contributed by atoms with Crippen LogP contribution in [0.2, 0.25) is 0 Å². The number of nitrogens with two attached hydrogens (primary N) is 1. The van der Waals surface area contributed by atoms with Gasteiger partial charge in [0.1, 0.15) is 0 Å². The summed E-state index contributed by atoms with van der Waals surface area (Å²) in [5.41, 5.74) is 8.20. The van der Waals surface area contributed by atoms with Crippen molar-refractivity contribution in [2.45, 2.75) is 33.1 Å². The fourth-order valence-corrected chi connectivity index (χ4v) is 1.27. The van der Waals surface area contributed by atoms with Crippen LogP contribution in [0.1, 0.15) is 33.1 Å². The molecule has 0 saturated carbocycles. The Bertz CT molecular complexity index is 202. The van der Waals surface area contributed by atoms with Gasteiger partial charge in [0, 0.05) is 12.2 Å². The van der Waals surface area contributed by atoms with Crippen molar-refractivity contribution in [1.29, 1.82) is 0 Å². The van der Waals surface area contributed by atoms with Gasteiger partial charge in [-0.05, 0) is 39.4 Å². The molecule has 0 fully saturated rings. The van der Waals surface area contributed by atoms with Crippen molar-refractivity contribution in [3.05, 3.63) is 23.4 Å². The first-order valence-electron chi connectivity index (χ1n) is 5.47. The maximum Gasteiger partial charge on any atom is 0.00836 e. The minimum atomic E-state index is 1.02. The van der Waals surface area contributed by atoms with Gasteiger partial charge in [-0.25, -0.2) is 0 Å². The van der Waals surface area contributed by atoms with Crippen LogP contribution in [0.3, 0.4) is 0 Å². The maximum absolute atomic E-state index is 5.66. The Labute approximate surface area is 88.5 Å². The predicted molar refractivity (Wildman–Crippen MR) is 64.1 cm³/mol. The highest BCUT2D eigenvalue weighted by atomic mass is 15.0. The van der Waals surface area contributed by atoms with E-state index in [1.807, 2.05) is 19.9 Å². The van der Waals surface area contributed by atoms with Crippen molar-refractivity contribution < 1.29 is 0 Å². The van der Waals surface area contributed by atoms with Crippen LogP contribution in [0.25, 0.3) is 0 Å². The lowest BCUT2D eigenvalue weighted by Gasteiger charge is -2.14. The monoisotopic (exact) mass is 196 g/mol. The molecule has 0 heterocycles. The molecule has 2 nitrogen and oxygen atoms in total. The predicted octanol–water partition coefficient (Wildman–Crippen LogP) is 2.53. The van der Waals surface area contributed by atoms with E-state index in [4.69, 9.17) is 5.73 Å². The fraction of sp³-hybridized carbons (Fsp3) is 0.667. The highest BCUT2D eigenvalue weighted by Crippen LogP contribution is 2.17. The molecule has 14 heavy (non-hydrogen) atoms. The highest BCUT2D eigenvalue weighted by molar-refractivity contribution is 5.22. The summed E-state index contributed by atoms with van der Waals surface area (Å²) < 4.78 is 0. The summed E-state index contributed by atoms with van der Waals surface area (Å²) in [6.45, 7) is 5.14. The largest absolute Gasteiger partial charge is 0.402 e. The molecule has 82 valence electrons. The first kappa shape index (κ1) is 13.2. The van der Waals surface area contributed by atoms with Gasteiger partial charge in [-0.2, -0.15) is 0 Å². The second kappa shape index (κ2) is 7.63. The van der Waals surface area contributed by atoms with Crippen LogP contribution in [0.15, 0.2) is 23.4 Å². The van der Waals surface area contributed by atoms with Gasteiger partial charge in [-0.3, -0.25) is 0 Å². The average Bonchev–Trinajstić information content (AvgIpc) is 2.20. The van der Waals surface area contributed by atoms with E-state index in [-0.39, 0.29) is 0 Å². The molecule has 2 heteroatoms. The van der Waals surface area contributed by atoms with Crippen molar-refractivity contribution in [3.8, 4) is 0 Å². The smallest absolute Gasteiger partial charge is 0.00836 e. The Hall–Kier alpha value is -0.760. The van der Waals surface area contributed by atoms with Crippen LogP contribution < -0.4 is 5.73 Å². The molecule has 0 saturated heterocycles. The van der Waals surface area contributed by atoms with Gasteiger partial charge in [0.25, 0.3) is 0 Å². The van der Waals surface area contributed by atoms with Crippen molar-refractivity contribution in [2.75, 3.05) is 20.6 Å². The zero-order valence-corrected chi connectivity index (χ0v) is 10.0. The molecule has 0 unspecified atom stereocenters. The van der Waals surface area contributed by atoms with E-state index in [2.05, 4.69) is 25.1 Å². The van der Waals surface area contributed by atoms with E-state index in [1.165, 1.54) is 12.0 Å². The first-order chi connectivity index (χ1) is 6.68. The lowest BCUT2D eigenvalue weighted by molar-refractivity contribution is 0.410. The molecule has 1 aliphatic carbocycles. The van der Waals surface area contributed by atoms with Gasteiger partial charge in [0.05, 0.1) is 0 Å². The van der Waals surface area contributed by atoms with Gasteiger partial charge in [-0.15, -0.1) is 0 Å². The fourth-order valence-electron chi connectivity index (χ4n) is 1.27. The molecule has 2 N–H and O–H groups in total. The molecule has 0 radical (unpaired) electrons. The Morgan fingerprint density at radius 1 is 1.21 bits per heavy atom. The van der Waals surface area contributed by atoms with Crippen LogP contribution in [0.5, 0.6) is 0 Å². The van der Waals surface area contributed by atoms with Crippen molar-refractivity contribution >= 4 is 0 Å². The van der Waals surface area contributed by atoms with E-state index < -0.39 is 0 Å². The third-order valence-corrected chi connectivity index (χ3v) is 2.15. The van der Waals surface area contributed by atoms with Crippen LogP contribution in [-0.4, -0.2) is 25.5 Å². The molecule has 0 aliphatic heterocycles. The average molecular weight is 196 g/mol. The lowest BCUT2D eigenvalue weighted by atomic mass is 10.0. The molecule has 0 aromatic carbocycles. The molecule has 1 aliphatic rings. The number of allylic oxidation sites excluding steroid dienone is 3. The van der Waals surface area contributed by atoms with Crippen LogP contribution in [0, 0.1) is 0 Å². The van der Waals surface area contributed by atoms with E-state index >= 15 is 0 Å². The summed E-state index contributed by atoms with van der Waals surface area (Å²) in [6, 6.07) is 0. The Kier molecular flexibility index (Phi) is 7.21. The number of hydrogen-bond donors (Lipinski definition) is 1. The molecule has 0 aromatic rings. The third kappa shape index (κ3) is 5.81. The first-order valence-corrected chi connectivity index (χ1v) is 5.47. The van der Waals surface area contributed by atoms with E-state index in [9.17, 15) is 0 Å². The molecule has 0 spiro atoms. The van der Waals surface area contributed by atoms with Crippen molar-refractivity contribution in [1.82, 2.24) is 4.90 Å². The molecule has 0 aromatic heterocycles. The van der Waals surface area contributed by atoms with Gasteiger partial charge in [-0.1, -0.05) is 25.5 Å². The minimum Gasteiger partial charge on any atom is -0.402 e. The topological polar surface area (TPSA) is 29.3 Å². The van der Waals surface area contributed by atoms with Gasteiger partial charge >= 0.3 is 0 Å². The molecule has 0 atom stereocenters. The molecule has 0 bridgehead atoms. The number of rotatable bonds is 3. The normalized spacial score (nSPS) is 15.5. The van der Waals surface area contributed by atoms with Gasteiger partial charge in [0.2, 0.25) is 0 Å². The summed E-state index contributed by atoms with van der Waals surface area (Å²) >= 11 is 0. The molecule has 1 rings (SSSR count). The van der Waals surface area contributed by atoms with Crippen LogP contribution in [-0.2, 0) is 0 Å². The quantitative estimate of drug-likeness (QED) is 0.751. The summed E-state index contributed by atoms with van der Waals surface area (Å²) in [7, 11) is 4.21. The van der Waals surface area contributed by atoms with Gasteiger partial charge in [0.15, 0.2) is 0 Å². The Balaban J connectivity index is 0.000000791. The number of hydrogen-bond acceptors (Lipinski definition) is 2. The third-order valence-electron chi connectivity index (χ3n) is 2.15.